The van der Waals surface area contributed by atoms with Crippen molar-refractivity contribution in [1.82, 2.24) is 35.6 Å². The van der Waals surface area contributed by atoms with Crippen LogP contribution in [0.2, 0.25) is 0 Å². The summed E-state index contributed by atoms with van der Waals surface area (Å²) in [5, 5.41) is 45.1. The van der Waals surface area contributed by atoms with Crippen LogP contribution in [0.3, 0.4) is 0 Å². The number of ketones is 1. The summed E-state index contributed by atoms with van der Waals surface area (Å²) in [5.74, 6) is -11.8. The van der Waals surface area contributed by atoms with Crippen molar-refractivity contribution in [2.75, 3.05) is 60.0 Å². The maximum absolute atomic E-state index is 14.8. The minimum atomic E-state index is -1.17. The van der Waals surface area contributed by atoms with E-state index >= 15 is 0 Å². The number of methoxy groups -OCH3 is 2. The van der Waals surface area contributed by atoms with Gasteiger partial charge >= 0.3 is 35.8 Å². The third kappa shape index (κ3) is 31.8. The van der Waals surface area contributed by atoms with Gasteiger partial charge in [-0.2, -0.15) is 0 Å². The minimum Gasteiger partial charge on any atom is -0.481 e. The number of amides is 7. The van der Waals surface area contributed by atoms with E-state index in [1.807, 2.05) is 0 Å². The summed E-state index contributed by atoms with van der Waals surface area (Å²) in [6.07, 6.45) is -2.08. The third-order valence-corrected chi connectivity index (χ3v) is 14.1. The molecule has 27 heteroatoms. The molecule has 0 aromatic heterocycles. The molecule has 0 aromatic carbocycles. The van der Waals surface area contributed by atoms with Crippen molar-refractivity contribution < 1.29 is 97.0 Å². The summed E-state index contributed by atoms with van der Waals surface area (Å²) in [5.41, 5.74) is 0. The quantitative estimate of drug-likeness (QED) is 0.0336. The zero-order valence-corrected chi connectivity index (χ0v) is 52.3. The number of rotatable bonds is 48. The molecule has 0 rings (SSSR count). The lowest BCUT2D eigenvalue weighted by atomic mass is 9.93. The fourth-order valence-electron chi connectivity index (χ4n) is 9.98. The smallest absolute Gasteiger partial charge is 0.305 e. The highest BCUT2D eigenvalue weighted by molar-refractivity contribution is 5.92. The second-order valence-electron chi connectivity index (χ2n) is 22.6. The van der Waals surface area contributed by atoms with Gasteiger partial charge < -0.3 is 65.4 Å². The fourth-order valence-corrected chi connectivity index (χ4v) is 9.98. The molecule has 7 N–H and O–H groups in total. The average molecular weight is 1230 g/mol. The maximum Gasteiger partial charge on any atom is 0.305 e. The van der Waals surface area contributed by atoms with Crippen LogP contribution in [0.4, 0.5) is 0 Å². The molecule has 86 heavy (non-hydrogen) atoms. The van der Waals surface area contributed by atoms with E-state index in [1.165, 1.54) is 33.8 Å². The first kappa shape index (κ1) is 78.8. The number of carboxylic acid groups (broad SMARTS) is 4. The fraction of sp³-hybridized carbons (Fsp3) is 0.763. The minimum absolute atomic E-state index is 0.00355. The summed E-state index contributed by atoms with van der Waals surface area (Å²) >= 11 is 0. The molecule has 0 aliphatic rings. The zero-order valence-electron chi connectivity index (χ0n) is 52.3. The topological polar surface area (TPSA) is 387 Å². The molecule has 27 nitrogen and oxygen atoms in total. The maximum atomic E-state index is 14.8. The second kappa shape index (κ2) is 43.4. The van der Waals surface area contributed by atoms with Crippen LogP contribution >= 0.6 is 0 Å². The van der Waals surface area contributed by atoms with Crippen LogP contribution in [0.25, 0.3) is 0 Å². The van der Waals surface area contributed by atoms with E-state index in [1.54, 1.807) is 55.4 Å². The predicted octanol–water partition coefficient (Wildman–Crippen LogP) is 3.80. The Hall–Kier alpha value is -7.22. The highest BCUT2D eigenvalue weighted by atomic mass is 16.5. The number of nitrogens with zero attached hydrogens (tertiary/aromatic N) is 4. The molecule has 0 fully saturated rings. The number of aliphatic carboxylic acids is 4. The van der Waals surface area contributed by atoms with E-state index < -0.39 is 131 Å². The lowest BCUT2D eigenvalue weighted by molar-refractivity contribution is -0.145. The molecule has 0 aromatic rings. The van der Waals surface area contributed by atoms with Gasteiger partial charge in [0.25, 0.3) is 0 Å². The molecule has 0 radical (unpaired) electrons. The molecule has 0 bridgehead atoms. The molecule has 7 amide bonds. The van der Waals surface area contributed by atoms with Crippen molar-refractivity contribution in [3.63, 3.8) is 0 Å². The first-order valence-corrected chi connectivity index (χ1v) is 30.0. The lowest BCUT2D eigenvalue weighted by Gasteiger charge is -2.36. The van der Waals surface area contributed by atoms with E-state index in [0.717, 1.165) is 0 Å². The second-order valence-corrected chi connectivity index (χ2v) is 22.6. The Morgan fingerprint density at radius 2 is 0.547 bits per heavy atom. The Bertz CT molecular complexity index is 2240. The Balaban J connectivity index is 7.33. The predicted molar refractivity (Wildman–Crippen MR) is 312 cm³/mol. The number of ether oxygens (including phenoxy) is 2. The van der Waals surface area contributed by atoms with E-state index in [4.69, 9.17) is 14.9 Å². The van der Waals surface area contributed by atoms with Gasteiger partial charge in [0.15, 0.2) is 5.78 Å². The number of hydrogen-bond acceptors (Lipinski definition) is 16. The van der Waals surface area contributed by atoms with Crippen LogP contribution in [0, 0.1) is 23.7 Å². The number of carboxylic acids is 4. The summed E-state index contributed by atoms with van der Waals surface area (Å²) in [6, 6.07) is -4.41. The van der Waals surface area contributed by atoms with Crippen molar-refractivity contribution in [2.24, 2.45) is 23.7 Å². The monoisotopic (exact) mass is 1230 g/mol. The average Bonchev–Trinajstić information content (AvgIpc) is 3.14. The first-order chi connectivity index (χ1) is 40.4. The van der Waals surface area contributed by atoms with Crippen LogP contribution in [-0.2, 0) is 76.6 Å². The SMILES string of the molecule is COC(=O)CCCNC(=O)C(C(C)C)N(CCCC(=O)N(CCCC(=O)N(CCCC(=O)O)C(C(=O)NCCCC(=O)O)C(C)C)C(C(=O)CCCC(=O)N(CCCC(=O)O)C(C(=O)NCCCC(=O)O)C(C)C)C(C)C)C(=O)CCCC(=O)OC. The standard InChI is InChI=1S/C59H99N7O20/c1-38(2)53(42(67)20-11-21-43(68)65(36-18-27-49(76)77)55(40(5)6)57(82)60-31-13-25-47(72)73)63(34-16-24-46(71)66(37-19-28-50(78)79)56(41(7)8)58(83)61-32-14-26-48(74)75)45(70)23-17-35-64(44(69)22-12-29-51(80)85-9)54(39(3)4)59(84)62-33-15-30-52(81)86-10/h38-41,53-56H,11-37H2,1-10H3,(H,60,82)(H,61,83)(H,62,84)(H,72,73)(H,74,75)(H,76,77)(H,78,79). The molecule has 4 atom stereocenters. The zero-order chi connectivity index (χ0) is 65.6. The highest BCUT2D eigenvalue weighted by Gasteiger charge is 2.37. The third-order valence-electron chi connectivity index (χ3n) is 14.1. The normalized spacial score (nSPS) is 12.5. The van der Waals surface area contributed by atoms with Gasteiger partial charge in [-0.3, -0.25) is 67.1 Å². The van der Waals surface area contributed by atoms with Crippen LogP contribution < -0.4 is 16.0 Å². The van der Waals surface area contributed by atoms with Crippen molar-refractivity contribution in [3.05, 3.63) is 0 Å². The number of hydrogen-bond donors (Lipinski definition) is 7. The number of carbonyl (C=O) groups is 14. The van der Waals surface area contributed by atoms with Crippen molar-refractivity contribution in [3.8, 4) is 0 Å². The van der Waals surface area contributed by atoms with Gasteiger partial charge in [0.05, 0.1) is 20.3 Å². The van der Waals surface area contributed by atoms with Gasteiger partial charge in [0, 0.05) is 116 Å². The Morgan fingerprint density at radius 1 is 0.314 bits per heavy atom. The van der Waals surface area contributed by atoms with E-state index in [-0.39, 0.29) is 174 Å². The van der Waals surface area contributed by atoms with Crippen LogP contribution in [0.15, 0.2) is 0 Å². The van der Waals surface area contributed by atoms with Gasteiger partial charge in [-0.15, -0.1) is 0 Å². The number of esters is 2. The molecule has 0 aliphatic heterocycles. The van der Waals surface area contributed by atoms with Crippen molar-refractivity contribution in [1.29, 1.82) is 0 Å². The van der Waals surface area contributed by atoms with E-state index in [0.29, 0.717) is 0 Å². The van der Waals surface area contributed by atoms with Gasteiger partial charge in [-0.05, 0) is 81.5 Å². The molecular weight excluding hydrogens is 1130 g/mol. The molecule has 0 saturated carbocycles. The molecule has 4 unspecified atom stereocenters. The highest BCUT2D eigenvalue weighted by Crippen LogP contribution is 2.23. The molecule has 0 saturated heterocycles. The number of carbonyl (C=O) groups excluding carboxylic acids is 10. The Kier molecular flexibility index (Phi) is 39.8. The van der Waals surface area contributed by atoms with E-state index in [2.05, 4.69) is 20.7 Å². The number of Topliss-reactive ketones (excluding diaryl/α,β-unsaturated/α-hetero) is 1. The molecule has 0 aliphatic carbocycles. The van der Waals surface area contributed by atoms with E-state index in [9.17, 15) is 77.3 Å². The van der Waals surface area contributed by atoms with Gasteiger partial charge in [-0.1, -0.05) is 55.4 Å². The number of nitrogens with one attached hydrogen (secondary N) is 3. The van der Waals surface area contributed by atoms with Gasteiger partial charge in [0.1, 0.15) is 18.1 Å². The molecule has 0 heterocycles. The van der Waals surface area contributed by atoms with Crippen LogP contribution in [-0.4, -0.2) is 207 Å². The summed E-state index contributed by atoms with van der Waals surface area (Å²) < 4.78 is 9.42. The summed E-state index contributed by atoms with van der Waals surface area (Å²) in [7, 11) is 2.44. The first-order valence-electron chi connectivity index (χ1n) is 30.0. The van der Waals surface area contributed by atoms with Crippen LogP contribution in [0.5, 0.6) is 0 Å². The Morgan fingerprint density at radius 3 is 0.826 bits per heavy atom. The largest absolute Gasteiger partial charge is 0.481 e. The summed E-state index contributed by atoms with van der Waals surface area (Å²) in [6.45, 7) is 13.1. The summed E-state index contributed by atoms with van der Waals surface area (Å²) in [4.78, 5) is 187. The van der Waals surface area contributed by atoms with Gasteiger partial charge in [-0.25, -0.2) is 0 Å². The van der Waals surface area contributed by atoms with Crippen molar-refractivity contribution in [2.45, 2.75) is 208 Å². The Labute approximate surface area is 505 Å². The van der Waals surface area contributed by atoms with Gasteiger partial charge in [0.2, 0.25) is 41.4 Å². The van der Waals surface area contributed by atoms with Crippen molar-refractivity contribution >= 4 is 82.9 Å². The molecule has 490 valence electrons. The molecular formula is C59H99N7O20. The lowest BCUT2D eigenvalue weighted by Crippen LogP contribution is -2.53. The van der Waals surface area contributed by atoms with Crippen LogP contribution in [0.1, 0.15) is 184 Å². The molecule has 0 spiro atoms.